The smallest absolute Gasteiger partial charge is 0.360 e. The average Bonchev–Trinajstić information content (AvgIpc) is 2.94. The number of fused-ring (bicyclic) bond motifs is 1. The summed E-state index contributed by atoms with van der Waals surface area (Å²) in [6.07, 6.45) is -4.60. The molecule has 0 saturated carbocycles. The third kappa shape index (κ3) is 2.44. The van der Waals surface area contributed by atoms with Crippen molar-refractivity contribution in [2.24, 2.45) is 5.41 Å². The van der Waals surface area contributed by atoms with Crippen molar-refractivity contribution in [2.45, 2.75) is 37.7 Å². The van der Waals surface area contributed by atoms with Crippen LogP contribution in [0.1, 0.15) is 24.3 Å². The van der Waals surface area contributed by atoms with Gasteiger partial charge in [0.15, 0.2) is 15.6 Å². The van der Waals surface area contributed by atoms with Gasteiger partial charge >= 0.3 is 6.18 Å². The zero-order valence-corrected chi connectivity index (χ0v) is 12.9. The lowest BCUT2D eigenvalue weighted by Gasteiger charge is -2.39. The van der Waals surface area contributed by atoms with E-state index in [9.17, 15) is 21.6 Å². The van der Waals surface area contributed by atoms with Gasteiger partial charge in [-0.3, -0.25) is 4.90 Å². The van der Waals surface area contributed by atoms with Gasteiger partial charge < -0.3 is 4.52 Å². The van der Waals surface area contributed by atoms with Crippen molar-refractivity contribution in [2.75, 3.05) is 18.8 Å². The van der Waals surface area contributed by atoms with Crippen molar-refractivity contribution in [1.29, 1.82) is 0 Å². The molecule has 0 N–H and O–H groups in total. The van der Waals surface area contributed by atoms with Crippen LogP contribution in [0.5, 0.6) is 0 Å². The Morgan fingerprint density at radius 3 is 2.77 bits per heavy atom. The van der Waals surface area contributed by atoms with Crippen molar-refractivity contribution in [1.82, 2.24) is 10.1 Å². The Hall–Kier alpha value is -1.09. The summed E-state index contributed by atoms with van der Waals surface area (Å²) in [5.41, 5.74) is -1.51. The summed E-state index contributed by atoms with van der Waals surface area (Å²) in [6, 6.07) is 1.65. The number of halogens is 3. The molecule has 2 aliphatic rings. The van der Waals surface area contributed by atoms with Crippen LogP contribution in [-0.4, -0.2) is 48.7 Å². The van der Waals surface area contributed by atoms with Gasteiger partial charge in [0.2, 0.25) is 0 Å². The first-order chi connectivity index (χ1) is 10.1. The number of rotatable bonds is 2. The number of nitrogens with zero attached hydrogens (tertiary/aromatic N) is 2. The fraction of sp³-hybridized carbons (Fsp3) is 0.769. The Kier molecular flexibility index (Phi) is 3.56. The lowest BCUT2D eigenvalue weighted by Crippen LogP contribution is -2.53. The van der Waals surface area contributed by atoms with Crippen molar-refractivity contribution < 1.29 is 26.1 Å². The SMILES string of the molecule is Cc1cc(CN2C[C@@H]3[C@@](C(F)(F)F)(CCCS3(=O)=O)C2)on1. The molecule has 2 aliphatic heterocycles. The highest BCUT2D eigenvalue weighted by Crippen LogP contribution is 2.53. The molecular weight excluding hydrogens is 321 g/mol. The highest BCUT2D eigenvalue weighted by atomic mass is 32.2. The fourth-order valence-corrected chi connectivity index (χ4v) is 5.93. The van der Waals surface area contributed by atoms with Gasteiger partial charge in [-0.15, -0.1) is 0 Å². The Bertz CT molecular complexity index is 670. The van der Waals surface area contributed by atoms with Crippen LogP contribution in [0.4, 0.5) is 13.2 Å². The summed E-state index contributed by atoms with van der Waals surface area (Å²) in [4.78, 5) is 1.51. The molecule has 0 spiro atoms. The van der Waals surface area contributed by atoms with E-state index in [4.69, 9.17) is 4.52 Å². The summed E-state index contributed by atoms with van der Waals surface area (Å²) in [6.45, 7) is 1.45. The molecule has 5 nitrogen and oxygen atoms in total. The molecule has 2 atom stereocenters. The largest absolute Gasteiger partial charge is 0.397 e. The van der Waals surface area contributed by atoms with Crippen LogP contribution in [0, 0.1) is 12.3 Å². The quantitative estimate of drug-likeness (QED) is 0.824. The summed E-state index contributed by atoms with van der Waals surface area (Å²) in [7, 11) is -3.73. The summed E-state index contributed by atoms with van der Waals surface area (Å²) < 4.78 is 70.2. The highest BCUT2D eigenvalue weighted by Gasteiger charge is 2.67. The van der Waals surface area contributed by atoms with Gasteiger partial charge in [-0.05, 0) is 19.8 Å². The zero-order valence-electron chi connectivity index (χ0n) is 12.1. The number of aromatic nitrogens is 1. The molecule has 1 aromatic heterocycles. The van der Waals surface area contributed by atoms with E-state index in [0.717, 1.165) is 0 Å². The fourth-order valence-electron chi connectivity index (χ4n) is 3.65. The minimum absolute atomic E-state index is 0.0631. The van der Waals surface area contributed by atoms with Crippen LogP contribution < -0.4 is 0 Å². The van der Waals surface area contributed by atoms with Crippen molar-refractivity contribution in [3.8, 4) is 0 Å². The van der Waals surface area contributed by atoms with Gasteiger partial charge in [0, 0.05) is 19.2 Å². The van der Waals surface area contributed by atoms with Gasteiger partial charge in [0.25, 0.3) is 0 Å². The van der Waals surface area contributed by atoms with E-state index in [2.05, 4.69) is 5.16 Å². The second-order valence-corrected chi connectivity index (χ2v) is 8.52. The molecule has 3 heterocycles. The van der Waals surface area contributed by atoms with E-state index >= 15 is 0 Å². The van der Waals surface area contributed by atoms with E-state index in [-0.39, 0.29) is 38.2 Å². The molecule has 2 saturated heterocycles. The summed E-state index contributed by atoms with van der Waals surface area (Å²) in [5, 5.41) is 2.32. The lowest BCUT2D eigenvalue weighted by atomic mass is 9.81. The van der Waals surface area contributed by atoms with E-state index in [1.165, 1.54) is 4.90 Å². The Labute approximate surface area is 126 Å². The molecular formula is C13H17F3N2O3S. The molecule has 124 valence electrons. The van der Waals surface area contributed by atoms with Gasteiger partial charge in [0.05, 0.1) is 28.7 Å². The van der Waals surface area contributed by atoms with Crippen LogP contribution in [0.15, 0.2) is 10.6 Å². The van der Waals surface area contributed by atoms with E-state index in [1.807, 2.05) is 0 Å². The monoisotopic (exact) mass is 338 g/mol. The van der Waals surface area contributed by atoms with Crippen molar-refractivity contribution in [3.63, 3.8) is 0 Å². The van der Waals surface area contributed by atoms with Crippen LogP contribution in [0.2, 0.25) is 0 Å². The van der Waals surface area contributed by atoms with Crippen LogP contribution in [-0.2, 0) is 16.4 Å². The second kappa shape index (κ2) is 4.95. The Morgan fingerprint density at radius 2 is 2.23 bits per heavy atom. The molecule has 0 bridgehead atoms. The number of likely N-dealkylation sites (tertiary alicyclic amines) is 1. The molecule has 3 rings (SSSR count). The highest BCUT2D eigenvalue weighted by molar-refractivity contribution is 7.92. The maximum atomic E-state index is 13.6. The molecule has 0 unspecified atom stereocenters. The minimum atomic E-state index is -4.53. The molecule has 0 aromatic carbocycles. The van der Waals surface area contributed by atoms with Crippen molar-refractivity contribution in [3.05, 3.63) is 17.5 Å². The Morgan fingerprint density at radius 1 is 1.50 bits per heavy atom. The molecule has 0 aliphatic carbocycles. The van der Waals surface area contributed by atoms with Crippen LogP contribution >= 0.6 is 0 Å². The molecule has 1 aromatic rings. The van der Waals surface area contributed by atoms with Crippen LogP contribution in [0.3, 0.4) is 0 Å². The Balaban J connectivity index is 1.90. The first-order valence-electron chi connectivity index (χ1n) is 7.07. The maximum Gasteiger partial charge on any atom is 0.397 e. The van der Waals surface area contributed by atoms with Gasteiger partial charge in [-0.25, -0.2) is 8.42 Å². The first-order valence-corrected chi connectivity index (χ1v) is 8.78. The van der Waals surface area contributed by atoms with Crippen molar-refractivity contribution >= 4 is 9.84 Å². The topological polar surface area (TPSA) is 63.4 Å². The third-order valence-electron chi connectivity index (χ3n) is 4.65. The van der Waals surface area contributed by atoms with Crippen LogP contribution in [0.25, 0.3) is 0 Å². The average molecular weight is 338 g/mol. The molecule has 9 heteroatoms. The first kappa shape index (κ1) is 15.8. The molecule has 2 fully saturated rings. The zero-order chi connectivity index (χ0) is 16.2. The third-order valence-corrected chi connectivity index (χ3v) is 6.98. The predicted octanol–water partition coefficient (Wildman–Crippen LogP) is 1.92. The van der Waals surface area contributed by atoms with Gasteiger partial charge in [0.1, 0.15) is 0 Å². The second-order valence-electron chi connectivity index (χ2n) is 6.22. The number of hydrogen-bond donors (Lipinski definition) is 0. The van der Waals surface area contributed by atoms with Gasteiger partial charge in [-0.2, -0.15) is 13.2 Å². The summed E-state index contributed by atoms with van der Waals surface area (Å²) >= 11 is 0. The van der Waals surface area contributed by atoms with E-state index < -0.39 is 26.7 Å². The summed E-state index contributed by atoms with van der Waals surface area (Å²) in [5.74, 6) is 0.288. The molecule has 0 radical (unpaired) electrons. The maximum absolute atomic E-state index is 13.6. The number of hydrogen-bond acceptors (Lipinski definition) is 5. The number of alkyl halides is 3. The van der Waals surface area contributed by atoms with E-state index in [0.29, 0.717) is 11.5 Å². The number of sulfone groups is 1. The minimum Gasteiger partial charge on any atom is -0.360 e. The van der Waals surface area contributed by atoms with E-state index in [1.54, 1.807) is 13.0 Å². The normalized spacial score (nSPS) is 32.1. The molecule has 0 amide bonds. The lowest BCUT2D eigenvalue weighted by molar-refractivity contribution is -0.221. The number of aryl methyl sites for hydroxylation is 1. The predicted molar refractivity (Wildman–Crippen MR) is 71.8 cm³/mol. The standard InChI is InChI=1S/C13H17F3N2O3S/c1-9-5-10(21-17-9)6-18-7-11-12(8-18,13(14,15)16)3-2-4-22(11,19)20/h5,11H,2-4,6-8H2,1H3/t11-,12-/m1/s1. The molecule has 22 heavy (non-hydrogen) atoms. The van der Waals surface area contributed by atoms with Gasteiger partial charge in [-0.1, -0.05) is 5.16 Å².